The highest BCUT2D eigenvalue weighted by atomic mass is 15.2. The van der Waals surface area contributed by atoms with E-state index in [-0.39, 0.29) is 5.41 Å². The first kappa shape index (κ1) is 28.3. The lowest BCUT2D eigenvalue weighted by Gasteiger charge is -2.21. The molecule has 3 aromatic heterocycles. The number of benzene rings is 7. The summed E-state index contributed by atoms with van der Waals surface area (Å²) in [5.41, 5.74) is 13.5. The van der Waals surface area contributed by atoms with Gasteiger partial charge in [-0.3, -0.25) is 4.57 Å². The molecule has 10 aromatic rings. The van der Waals surface area contributed by atoms with Crippen molar-refractivity contribution in [3.63, 3.8) is 0 Å². The summed E-state index contributed by atoms with van der Waals surface area (Å²) in [4.78, 5) is 11.2. The Bertz CT molecular complexity index is 3040. The molecule has 0 bridgehead atoms. The molecule has 0 spiro atoms. The van der Waals surface area contributed by atoms with Crippen molar-refractivity contribution in [3.8, 4) is 34.0 Å². The van der Waals surface area contributed by atoms with Gasteiger partial charge in [-0.05, 0) is 69.4 Å². The van der Waals surface area contributed by atoms with Crippen LogP contribution in [0.15, 0.2) is 158 Å². The monoisotopic (exact) mass is 652 g/mol. The highest BCUT2D eigenvalue weighted by Gasteiger charge is 2.36. The van der Waals surface area contributed by atoms with Crippen LogP contribution in [-0.4, -0.2) is 19.1 Å². The van der Waals surface area contributed by atoms with Gasteiger partial charge in [0.15, 0.2) is 0 Å². The van der Waals surface area contributed by atoms with Crippen molar-refractivity contribution < 1.29 is 0 Å². The van der Waals surface area contributed by atoms with Crippen LogP contribution in [0.25, 0.3) is 88.5 Å². The lowest BCUT2D eigenvalue weighted by Crippen LogP contribution is -2.15. The Kier molecular flexibility index (Phi) is 5.70. The number of rotatable bonds is 3. The molecule has 4 heteroatoms. The van der Waals surface area contributed by atoms with E-state index in [2.05, 4.69) is 181 Å². The molecule has 4 nitrogen and oxygen atoms in total. The number of hydrogen-bond donors (Lipinski definition) is 0. The van der Waals surface area contributed by atoms with Gasteiger partial charge >= 0.3 is 0 Å². The van der Waals surface area contributed by atoms with Crippen LogP contribution in [0.5, 0.6) is 0 Å². The molecule has 0 N–H and O–H groups in total. The molecule has 3 heterocycles. The summed E-state index contributed by atoms with van der Waals surface area (Å²) in [6.45, 7) is 4.69. The maximum absolute atomic E-state index is 5.63. The molecule has 0 aliphatic heterocycles. The van der Waals surface area contributed by atoms with Crippen LogP contribution in [-0.2, 0) is 5.41 Å². The SMILES string of the molecule is CC1(C)c2ccccc2-c2cc3c4ccccc4n(-c4nc(-c5ccccc5)c5c(n4)c4c6ccccc6ccc4n5-c4ccccc4)c3cc21. The van der Waals surface area contributed by atoms with Gasteiger partial charge in [-0.15, -0.1) is 0 Å². The van der Waals surface area contributed by atoms with Gasteiger partial charge in [-0.1, -0.05) is 135 Å². The van der Waals surface area contributed by atoms with Crippen molar-refractivity contribution in [1.29, 1.82) is 0 Å². The first-order valence-corrected chi connectivity index (χ1v) is 17.6. The minimum absolute atomic E-state index is 0.135. The number of nitrogens with zero attached hydrogens (tertiary/aromatic N) is 4. The average Bonchev–Trinajstić information content (AvgIpc) is 3.77. The van der Waals surface area contributed by atoms with Gasteiger partial charge in [0.2, 0.25) is 5.95 Å². The van der Waals surface area contributed by atoms with Crippen LogP contribution < -0.4 is 0 Å². The predicted molar refractivity (Wildman–Crippen MR) is 211 cm³/mol. The molecule has 0 radical (unpaired) electrons. The van der Waals surface area contributed by atoms with E-state index in [1.807, 2.05) is 0 Å². The third-order valence-electron chi connectivity index (χ3n) is 11.1. The predicted octanol–water partition coefficient (Wildman–Crippen LogP) is 11.8. The number of fused-ring (bicyclic) bond motifs is 11. The first-order valence-electron chi connectivity index (χ1n) is 17.6. The van der Waals surface area contributed by atoms with E-state index in [9.17, 15) is 0 Å². The first-order chi connectivity index (χ1) is 25.1. The molecular weight excluding hydrogens is 621 g/mol. The Morgan fingerprint density at radius 2 is 1.20 bits per heavy atom. The summed E-state index contributed by atoms with van der Waals surface area (Å²) in [7, 11) is 0. The van der Waals surface area contributed by atoms with Crippen molar-refractivity contribution >= 4 is 54.5 Å². The zero-order chi connectivity index (χ0) is 33.8. The number of para-hydroxylation sites is 2. The van der Waals surface area contributed by atoms with Crippen LogP contribution in [0.1, 0.15) is 25.0 Å². The van der Waals surface area contributed by atoms with Crippen LogP contribution in [0, 0.1) is 0 Å². The maximum Gasteiger partial charge on any atom is 0.235 e. The Hall–Kier alpha value is -6.52. The van der Waals surface area contributed by atoms with Gasteiger partial charge in [-0.2, -0.15) is 0 Å². The quantitative estimate of drug-likeness (QED) is 0.190. The van der Waals surface area contributed by atoms with E-state index < -0.39 is 0 Å². The fraction of sp³-hybridized carbons (Fsp3) is 0.0638. The van der Waals surface area contributed by atoms with Gasteiger partial charge < -0.3 is 4.57 Å². The largest absolute Gasteiger partial charge is 0.306 e. The molecule has 11 rings (SSSR count). The minimum atomic E-state index is -0.135. The Morgan fingerprint density at radius 3 is 2.04 bits per heavy atom. The standard InChI is InChI=1S/C47H32N4/c1-47(2)37-23-13-11-21-33(37)35-27-36-34-22-12-14-24-39(34)51(41(36)28-38(35)47)46-48-43(30-16-5-3-6-17-30)45-44(49-46)42-32-20-10-9-15-29(32)25-26-40(42)50(45)31-18-7-4-8-19-31/h3-28H,1-2H3. The average molecular weight is 653 g/mol. The lowest BCUT2D eigenvalue weighted by molar-refractivity contribution is 0.661. The summed E-state index contributed by atoms with van der Waals surface area (Å²) < 4.78 is 4.65. The summed E-state index contributed by atoms with van der Waals surface area (Å²) in [6.07, 6.45) is 0. The Balaban J connectivity index is 1.32. The topological polar surface area (TPSA) is 35.6 Å². The van der Waals surface area contributed by atoms with Gasteiger partial charge in [-0.25, -0.2) is 9.97 Å². The molecule has 240 valence electrons. The second kappa shape index (κ2) is 10.3. The maximum atomic E-state index is 5.63. The van der Waals surface area contributed by atoms with E-state index in [4.69, 9.17) is 9.97 Å². The fourth-order valence-electron chi connectivity index (χ4n) is 8.77. The van der Waals surface area contributed by atoms with Crippen LogP contribution >= 0.6 is 0 Å². The molecule has 0 amide bonds. The molecular formula is C47H32N4. The molecule has 51 heavy (non-hydrogen) atoms. The summed E-state index contributed by atoms with van der Waals surface area (Å²) in [5, 5.41) is 5.90. The van der Waals surface area contributed by atoms with Crippen LogP contribution in [0.4, 0.5) is 0 Å². The highest BCUT2D eigenvalue weighted by Crippen LogP contribution is 2.51. The van der Waals surface area contributed by atoms with Crippen molar-refractivity contribution in [2.75, 3.05) is 0 Å². The smallest absolute Gasteiger partial charge is 0.235 e. The minimum Gasteiger partial charge on any atom is -0.306 e. The molecule has 0 fully saturated rings. The fourth-order valence-corrected chi connectivity index (χ4v) is 8.77. The second-order valence-corrected chi connectivity index (χ2v) is 14.2. The van der Waals surface area contributed by atoms with Gasteiger partial charge in [0.25, 0.3) is 0 Å². The van der Waals surface area contributed by atoms with Crippen molar-refractivity contribution in [3.05, 3.63) is 169 Å². The van der Waals surface area contributed by atoms with E-state index >= 15 is 0 Å². The number of aromatic nitrogens is 4. The summed E-state index contributed by atoms with van der Waals surface area (Å²) in [6, 6.07) is 56.7. The Morgan fingerprint density at radius 1 is 0.490 bits per heavy atom. The van der Waals surface area contributed by atoms with Crippen molar-refractivity contribution in [1.82, 2.24) is 19.1 Å². The third kappa shape index (κ3) is 3.85. The van der Waals surface area contributed by atoms with Gasteiger partial charge in [0.1, 0.15) is 11.2 Å². The zero-order valence-electron chi connectivity index (χ0n) is 28.3. The van der Waals surface area contributed by atoms with E-state index in [1.54, 1.807) is 0 Å². The van der Waals surface area contributed by atoms with Gasteiger partial charge in [0.05, 0.1) is 22.1 Å². The van der Waals surface area contributed by atoms with Crippen molar-refractivity contribution in [2.45, 2.75) is 19.3 Å². The van der Waals surface area contributed by atoms with E-state index in [0.717, 1.165) is 49.9 Å². The second-order valence-electron chi connectivity index (χ2n) is 14.2. The molecule has 7 aromatic carbocycles. The van der Waals surface area contributed by atoms with Crippen LogP contribution in [0.3, 0.4) is 0 Å². The lowest BCUT2D eigenvalue weighted by atomic mass is 9.82. The molecule has 0 atom stereocenters. The van der Waals surface area contributed by atoms with E-state index in [0.29, 0.717) is 5.95 Å². The van der Waals surface area contributed by atoms with Crippen LogP contribution in [0.2, 0.25) is 0 Å². The van der Waals surface area contributed by atoms with Crippen molar-refractivity contribution in [2.24, 2.45) is 0 Å². The number of hydrogen-bond acceptors (Lipinski definition) is 2. The molecule has 1 aliphatic carbocycles. The summed E-state index contributed by atoms with van der Waals surface area (Å²) in [5.74, 6) is 0.667. The third-order valence-corrected chi connectivity index (χ3v) is 11.1. The van der Waals surface area contributed by atoms with Gasteiger partial charge in [0, 0.05) is 32.8 Å². The zero-order valence-corrected chi connectivity index (χ0v) is 28.3. The molecule has 0 saturated carbocycles. The molecule has 0 unspecified atom stereocenters. The van der Waals surface area contributed by atoms with E-state index in [1.165, 1.54) is 43.8 Å². The molecule has 0 saturated heterocycles. The Labute approximate surface area is 294 Å². The highest BCUT2D eigenvalue weighted by molar-refractivity contribution is 6.22. The summed E-state index contributed by atoms with van der Waals surface area (Å²) >= 11 is 0. The normalized spacial score (nSPS) is 13.5. The molecule has 1 aliphatic rings.